The number of H-pyrrole nitrogens is 1. The SMILES string of the molecule is O=c1[nH]nc(-c2cc(F)c(F)c(F)c2)s1. The molecule has 0 bridgehead atoms. The zero-order valence-corrected chi connectivity index (χ0v) is 7.87. The molecular weight excluding hydrogens is 229 g/mol. The van der Waals surface area contributed by atoms with Gasteiger partial charge in [-0.15, -0.1) is 0 Å². The van der Waals surface area contributed by atoms with Crippen LogP contribution in [-0.4, -0.2) is 10.2 Å². The Kier molecular flexibility index (Phi) is 2.31. The van der Waals surface area contributed by atoms with Crippen LogP contribution in [0.2, 0.25) is 0 Å². The van der Waals surface area contributed by atoms with Crippen LogP contribution < -0.4 is 4.87 Å². The van der Waals surface area contributed by atoms with Crippen molar-refractivity contribution in [1.29, 1.82) is 0 Å². The van der Waals surface area contributed by atoms with Crippen LogP contribution >= 0.6 is 11.3 Å². The molecule has 0 saturated heterocycles. The van der Waals surface area contributed by atoms with Crippen molar-refractivity contribution in [3.05, 3.63) is 39.3 Å². The molecule has 0 atom stereocenters. The van der Waals surface area contributed by atoms with E-state index < -0.39 is 22.3 Å². The number of aromatic amines is 1. The van der Waals surface area contributed by atoms with E-state index in [1.165, 1.54) is 0 Å². The van der Waals surface area contributed by atoms with E-state index in [1.807, 2.05) is 0 Å². The first-order chi connectivity index (χ1) is 7.08. The molecule has 0 spiro atoms. The topological polar surface area (TPSA) is 45.8 Å². The van der Waals surface area contributed by atoms with E-state index in [0.29, 0.717) is 11.3 Å². The number of hydrogen-bond donors (Lipinski definition) is 1. The van der Waals surface area contributed by atoms with Crippen molar-refractivity contribution in [3.8, 4) is 10.6 Å². The van der Waals surface area contributed by atoms with Crippen LogP contribution in [-0.2, 0) is 0 Å². The van der Waals surface area contributed by atoms with E-state index in [-0.39, 0.29) is 10.6 Å². The Morgan fingerprint density at radius 2 is 1.80 bits per heavy atom. The number of nitrogens with one attached hydrogen (secondary N) is 1. The molecule has 1 heterocycles. The number of aromatic nitrogens is 2. The Hall–Kier alpha value is -1.63. The molecule has 1 aromatic carbocycles. The van der Waals surface area contributed by atoms with Gasteiger partial charge in [-0.1, -0.05) is 11.3 Å². The second-order valence-corrected chi connectivity index (χ2v) is 3.63. The van der Waals surface area contributed by atoms with E-state index in [4.69, 9.17) is 0 Å². The maximum absolute atomic E-state index is 12.8. The third-order valence-corrected chi connectivity index (χ3v) is 2.47. The lowest BCUT2D eigenvalue weighted by Gasteiger charge is -1.98. The highest BCUT2D eigenvalue weighted by molar-refractivity contribution is 7.12. The van der Waals surface area contributed by atoms with Crippen LogP contribution in [0.15, 0.2) is 16.9 Å². The summed E-state index contributed by atoms with van der Waals surface area (Å²) in [6.07, 6.45) is 0. The third-order valence-electron chi connectivity index (χ3n) is 1.67. The first kappa shape index (κ1) is 9.91. The number of benzene rings is 1. The van der Waals surface area contributed by atoms with Gasteiger partial charge in [0.1, 0.15) is 5.01 Å². The van der Waals surface area contributed by atoms with Crippen LogP contribution in [0.4, 0.5) is 13.2 Å². The molecule has 0 amide bonds. The smallest absolute Gasteiger partial charge is 0.255 e. The Balaban J connectivity index is 2.59. The van der Waals surface area contributed by atoms with Crippen molar-refractivity contribution in [1.82, 2.24) is 10.2 Å². The maximum Gasteiger partial charge on any atom is 0.322 e. The van der Waals surface area contributed by atoms with Gasteiger partial charge < -0.3 is 0 Å². The summed E-state index contributed by atoms with van der Waals surface area (Å²) in [6, 6.07) is 1.56. The largest absolute Gasteiger partial charge is 0.322 e. The highest BCUT2D eigenvalue weighted by Crippen LogP contribution is 2.22. The fourth-order valence-corrected chi connectivity index (χ4v) is 1.63. The summed E-state index contributed by atoms with van der Waals surface area (Å²) in [4.78, 5) is 10.3. The van der Waals surface area contributed by atoms with Gasteiger partial charge in [-0.05, 0) is 12.1 Å². The highest BCUT2D eigenvalue weighted by atomic mass is 32.1. The molecule has 7 heteroatoms. The second-order valence-electron chi connectivity index (χ2n) is 2.67. The van der Waals surface area contributed by atoms with Gasteiger partial charge in [-0.3, -0.25) is 4.79 Å². The third kappa shape index (κ3) is 1.78. The monoisotopic (exact) mass is 232 g/mol. The van der Waals surface area contributed by atoms with E-state index in [0.717, 1.165) is 12.1 Å². The normalized spacial score (nSPS) is 10.6. The van der Waals surface area contributed by atoms with Crippen LogP contribution in [0.1, 0.15) is 0 Å². The van der Waals surface area contributed by atoms with Crippen LogP contribution in [0.25, 0.3) is 10.6 Å². The minimum Gasteiger partial charge on any atom is -0.255 e. The van der Waals surface area contributed by atoms with Crippen molar-refractivity contribution in [3.63, 3.8) is 0 Å². The summed E-state index contributed by atoms with van der Waals surface area (Å²) in [5.74, 6) is -4.16. The molecular formula is C8H3F3N2OS. The molecule has 2 aromatic rings. The van der Waals surface area contributed by atoms with Gasteiger partial charge in [0, 0.05) is 5.56 Å². The average molecular weight is 232 g/mol. The quantitative estimate of drug-likeness (QED) is 0.763. The minimum atomic E-state index is -1.54. The van der Waals surface area contributed by atoms with Gasteiger partial charge in [0.15, 0.2) is 17.5 Å². The lowest BCUT2D eigenvalue weighted by Crippen LogP contribution is -1.91. The molecule has 0 unspecified atom stereocenters. The molecule has 3 nitrogen and oxygen atoms in total. The highest BCUT2D eigenvalue weighted by Gasteiger charge is 2.13. The van der Waals surface area contributed by atoms with E-state index in [2.05, 4.69) is 10.2 Å². The molecule has 0 fully saturated rings. The van der Waals surface area contributed by atoms with Gasteiger partial charge in [-0.2, -0.15) is 5.10 Å². The van der Waals surface area contributed by atoms with Gasteiger partial charge in [0.05, 0.1) is 0 Å². The standard InChI is InChI=1S/C8H3F3N2OS/c9-4-1-3(2-5(10)6(4)11)7-12-13-8(14)15-7/h1-2H,(H,13,14). The molecule has 78 valence electrons. The number of halogens is 3. The maximum atomic E-state index is 12.8. The summed E-state index contributed by atoms with van der Waals surface area (Å²) in [5, 5.41) is 5.73. The predicted molar refractivity (Wildman–Crippen MR) is 48.0 cm³/mol. The van der Waals surface area contributed by atoms with Crippen LogP contribution in [0.5, 0.6) is 0 Å². The van der Waals surface area contributed by atoms with Crippen molar-refractivity contribution >= 4 is 11.3 Å². The molecule has 0 aliphatic rings. The average Bonchev–Trinajstić information content (AvgIpc) is 2.60. The van der Waals surface area contributed by atoms with Gasteiger partial charge in [0.2, 0.25) is 0 Å². The number of rotatable bonds is 1. The molecule has 2 rings (SSSR count). The summed E-state index contributed by atoms with van der Waals surface area (Å²) >= 11 is 0.686. The molecule has 0 radical (unpaired) electrons. The van der Waals surface area contributed by atoms with Gasteiger partial charge in [-0.25, -0.2) is 18.3 Å². The molecule has 0 saturated carbocycles. The van der Waals surface area contributed by atoms with Gasteiger partial charge in [0.25, 0.3) is 0 Å². The Morgan fingerprint density at radius 3 is 2.27 bits per heavy atom. The Morgan fingerprint density at radius 1 is 1.20 bits per heavy atom. The van der Waals surface area contributed by atoms with E-state index in [1.54, 1.807) is 0 Å². The van der Waals surface area contributed by atoms with Crippen molar-refractivity contribution in [2.24, 2.45) is 0 Å². The molecule has 0 aliphatic carbocycles. The molecule has 0 aliphatic heterocycles. The van der Waals surface area contributed by atoms with E-state index >= 15 is 0 Å². The van der Waals surface area contributed by atoms with Crippen LogP contribution in [0, 0.1) is 17.5 Å². The lowest BCUT2D eigenvalue weighted by atomic mass is 10.2. The van der Waals surface area contributed by atoms with Crippen molar-refractivity contribution < 1.29 is 13.2 Å². The fourth-order valence-electron chi connectivity index (χ4n) is 1.03. The molecule has 15 heavy (non-hydrogen) atoms. The molecule has 1 aromatic heterocycles. The Labute approximate surface area is 85.2 Å². The predicted octanol–water partition coefficient (Wildman–Crippen LogP) is 1.92. The summed E-state index contributed by atoms with van der Waals surface area (Å²) in [6.45, 7) is 0. The second kappa shape index (κ2) is 3.50. The minimum absolute atomic E-state index is 0.0229. The number of hydrogen-bond acceptors (Lipinski definition) is 3. The summed E-state index contributed by atoms with van der Waals surface area (Å²) in [7, 11) is 0. The van der Waals surface area contributed by atoms with E-state index in [9.17, 15) is 18.0 Å². The van der Waals surface area contributed by atoms with Gasteiger partial charge >= 0.3 is 4.87 Å². The first-order valence-electron chi connectivity index (χ1n) is 3.78. The molecule has 1 N–H and O–H groups in total. The van der Waals surface area contributed by atoms with Crippen LogP contribution in [0.3, 0.4) is 0 Å². The zero-order chi connectivity index (χ0) is 11.0. The first-order valence-corrected chi connectivity index (χ1v) is 4.60. The zero-order valence-electron chi connectivity index (χ0n) is 7.05. The van der Waals surface area contributed by atoms with Crippen molar-refractivity contribution in [2.75, 3.05) is 0 Å². The Bertz CT molecular complexity index is 540. The summed E-state index contributed by atoms with van der Waals surface area (Å²) < 4.78 is 38.2. The summed E-state index contributed by atoms with van der Waals surface area (Å²) in [5.41, 5.74) is 0.0229. The number of nitrogens with zero attached hydrogens (tertiary/aromatic N) is 1. The van der Waals surface area contributed by atoms with Crippen molar-refractivity contribution in [2.45, 2.75) is 0 Å². The lowest BCUT2D eigenvalue weighted by molar-refractivity contribution is 0.447. The fraction of sp³-hybridized carbons (Fsp3) is 0.